The molecule has 3 heterocycles. The summed E-state index contributed by atoms with van der Waals surface area (Å²) in [4.78, 5) is 16.8. The largest absolute Gasteiger partial charge is 0.478 e. The fourth-order valence-corrected chi connectivity index (χ4v) is 6.86. The Balaban J connectivity index is 1.44. The number of hydrogen-bond acceptors (Lipinski definition) is 4. The molecule has 2 aromatic carbocycles. The van der Waals surface area contributed by atoms with Crippen LogP contribution in [0, 0.1) is 0 Å². The van der Waals surface area contributed by atoms with Gasteiger partial charge in [-0.2, -0.15) is 0 Å². The van der Waals surface area contributed by atoms with Gasteiger partial charge in [0.05, 0.1) is 17.4 Å². The molecule has 1 saturated heterocycles. The first-order valence-electron chi connectivity index (χ1n) is 13.7. The highest BCUT2D eigenvalue weighted by Gasteiger charge is 2.30. The standard InChI is InChI=1S/C30H37N3O3/c34-23-9-6-14-31(20-23)15-16-32-17-18-33-27-19-22(30(35)36)12-13-24(27)28(21-7-2-1-3-8-21)29(33)25-10-4-5-11-26(25)32/h4-5,10-13,19,21,23,34H,1-3,6-9,14-18,20H2,(H,35,36). The number of carboxylic acids is 1. The van der Waals surface area contributed by atoms with Crippen LogP contribution in [0.25, 0.3) is 22.2 Å². The molecule has 0 bridgehead atoms. The number of benzene rings is 2. The zero-order chi connectivity index (χ0) is 24.6. The Morgan fingerprint density at radius 3 is 2.56 bits per heavy atom. The first-order valence-corrected chi connectivity index (χ1v) is 13.7. The summed E-state index contributed by atoms with van der Waals surface area (Å²) in [6, 6.07) is 14.5. The monoisotopic (exact) mass is 487 g/mol. The molecule has 2 aliphatic heterocycles. The molecule has 0 radical (unpaired) electrons. The van der Waals surface area contributed by atoms with Gasteiger partial charge in [-0.15, -0.1) is 0 Å². The average molecular weight is 488 g/mol. The smallest absolute Gasteiger partial charge is 0.335 e. The van der Waals surface area contributed by atoms with Crippen LogP contribution >= 0.6 is 0 Å². The normalized spacial score (nSPS) is 21.2. The van der Waals surface area contributed by atoms with Gasteiger partial charge >= 0.3 is 5.97 Å². The van der Waals surface area contributed by atoms with E-state index in [0.29, 0.717) is 11.5 Å². The predicted molar refractivity (Wildman–Crippen MR) is 144 cm³/mol. The molecule has 2 fully saturated rings. The minimum Gasteiger partial charge on any atom is -0.478 e. The van der Waals surface area contributed by atoms with E-state index >= 15 is 0 Å². The van der Waals surface area contributed by atoms with Crippen LogP contribution in [-0.2, 0) is 6.54 Å². The second kappa shape index (κ2) is 9.91. The third-order valence-corrected chi connectivity index (χ3v) is 8.62. The first-order chi connectivity index (χ1) is 17.6. The van der Waals surface area contributed by atoms with Crippen LogP contribution in [0.4, 0.5) is 5.69 Å². The van der Waals surface area contributed by atoms with E-state index in [1.54, 1.807) is 6.07 Å². The highest BCUT2D eigenvalue weighted by Crippen LogP contribution is 2.47. The number of aromatic carboxylic acids is 1. The molecule has 190 valence electrons. The summed E-state index contributed by atoms with van der Waals surface area (Å²) in [5, 5.41) is 21.1. The maximum absolute atomic E-state index is 11.9. The van der Waals surface area contributed by atoms with Crippen molar-refractivity contribution in [3.8, 4) is 11.3 Å². The number of aliphatic hydroxyl groups is 1. The van der Waals surface area contributed by atoms with E-state index in [2.05, 4.69) is 44.7 Å². The molecule has 3 aromatic rings. The van der Waals surface area contributed by atoms with Crippen molar-refractivity contribution in [2.24, 2.45) is 0 Å². The number of nitrogens with zero attached hydrogens (tertiary/aromatic N) is 3. The molecule has 1 saturated carbocycles. The number of hydrogen-bond donors (Lipinski definition) is 2. The lowest BCUT2D eigenvalue weighted by molar-refractivity contribution is 0.0696. The summed E-state index contributed by atoms with van der Waals surface area (Å²) in [5.74, 6) is -0.353. The number of fused-ring (bicyclic) bond motifs is 5. The molecule has 1 aromatic heterocycles. The van der Waals surface area contributed by atoms with Crippen LogP contribution in [-0.4, -0.2) is 64.5 Å². The topological polar surface area (TPSA) is 68.9 Å². The Morgan fingerprint density at radius 2 is 1.75 bits per heavy atom. The number of aromatic nitrogens is 1. The van der Waals surface area contributed by atoms with Crippen LogP contribution in [0.2, 0.25) is 0 Å². The van der Waals surface area contributed by atoms with E-state index in [1.165, 1.54) is 60.0 Å². The second-order valence-corrected chi connectivity index (χ2v) is 10.9. The lowest BCUT2D eigenvalue weighted by atomic mass is 9.81. The van der Waals surface area contributed by atoms with Crippen molar-refractivity contribution < 1.29 is 15.0 Å². The SMILES string of the molecule is O=C(O)c1ccc2c(C3CCCCC3)c3n(c2c1)CCN(CCN1CCCC(O)C1)c1ccccc1-3. The third kappa shape index (κ3) is 4.31. The van der Waals surface area contributed by atoms with Gasteiger partial charge in [-0.1, -0.05) is 43.5 Å². The van der Waals surface area contributed by atoms with Crippen LogP contribution in [0.3, 0.4) is 0 Å². The first kappa shape index (κ1) is 23.6. The minimum absolute atomic E-state index is 0.205. The molecule has 0 spiro atoms. The van der Waals surface area contributed by atoms with Crippen LogP contribution in [0.5, 0.6) is 0 Å². The number of likely N-dealkylation sites (tertiary alicyclic amines) is 1. The molecule has 1 aliphatic carbocycles. The predicted octanol–water partition coefficient (Wildman–Crippen LogP) is 5.33. The summed E-state index contributed by atoms with van der Waals surface area (Å²) in [7, 11) is 0. The van der Waals surface area contributed by atoms with Crippen LogP contribution in [0.15, 0.2) is 42.5 Å². The number of aliphatic hydroxyl groups excluding tert-OH is 1. The second-order valence-electron chi connectivity index (χ2n) is 10.9. The van der Waals surface area contributed by atoms with Gasteiger partial charge in [0.25, 0.3) is 0 Å². The minimum atomic E-state index is -0.869. The van der Waals surface area contributed by atoms with E-state index in [9.17, 15) is 15.0 Å². The summed E-state index contributed by atoms with van der Waals surface area (Å²) in [6.45, 7) is 5.40. The van der Waals surface area contributed by atoms with Gasteiger partial charge in [0.1, 0.15) is 0 Å². The molecule has 6 heteroatoms. The maximum atomic E-state index is 11.9. The highest BCUT2D eigenvalue weighted by atomic mass is 16.4. The number of β-amino-alcohol motifs (C(OH)–C–C–N with tert-alkyl or cyclic N) is 1. The summed E-state index contributed by atoms with van der Waals surface area (Å²) >= 11 is 0. The fraction of sp³-hybridized carbons (Fsp3) is 0.500. The molecular formula is C30H37N3O3. The lowest BCUT2D eigenvalue weighted by Gasteiger charge is -2.33. The summed E-state index contributed by atoms with van der Waals surface area (Å²) in [5.41, 5.74) is 6.67. The molecule has 6 nitrogen and oxygen atoms in total. The van der Waals surface area contributed by atoms with Crippen LogP contribution in [0.1, 0.15) is 66.8 Å². The third-order valence-electron chi connectivity index (χ3n) is 8.62. The number of carboxylic acid groups (broad SMARTS) is 1. The maximum Gasteiger partial charge on any atom is 0.335 e. The zero-order valence-corrected chi connectivity index (χ0v) is 21.0. The molecule has 1 unspecified atom stereocenters. The van der Waals surface area contributed by atoms with Crippen molar-refractivity contribution in [2.45, 2.75) is 63.5 Å². The van der Waals surface area contributed by atoms with Crippen molar-refractivity contribution >= 4 is 22.6 Å². The highest BCUT2D eigenvalue weighted by molar-refractivity contribution is 5.99. The number of anilines is 1. The molecule has 3 aliphatic rings. The van der Waals surface area contributed by atoms with Gasteiger partial charge in [0, 0.05) is 54.9 Å². The van der Waals surface area contributed by atoms with Gasteiger partial charge in [-0.25, -0.2) is 4.79 Å². The number of para-hydroxylation sites is 1. The van der Waals surface area contributed by atoms with E-state index in [0.717, 1.165) is 57.6 Å². The Kier molecular flexibility index (Phi) is 6.48. The van der Waals surface area contributed by atoms with Crippen molar-refractivity contribution in [1.29, 1.82) is 0 Å². The van der Waals surface area contributed by atoms with E-state index < -0.39 is 5.97 Å². The Labute approximate surface area is 213 Å². The van der Waals surface area contributed by atoms with Crippen molar-refractivity contribution in [3.05, 3.63) is 53.6 Å². The van der Waals surface area contributed by atoms with E-state index in [-0.39, 0.29) is 6.10 Å². The number of piperidine rings is 1. The molecule has 36 heavy (non-hydrogen) atoms. The van der Waals surface area contributed by atoms with Crippen molar-refractivity contribution in [3.63, 3.8) is 0 Å². The molecule has 2 N–H and O–H groups in total. The Hall–Kier alpha value is -2.83. The number of carbonyl (C=O) groups is 1. The van der Waals surface area contributed by atoms with E-state index in [4.69, 9.17) is 0 Å². The Bertz CT molecular complexity index is 1260. The summed E-state index contributed by atoms with van der Waals surface area (Å²) < 4.78 is 2.41. The van der Waals surface area contributed by atoms with Crippen molar-refractivity contribution in [1.82, 2.24) is 9.47 Å². The lowest BCUT2D eigenvalue weighted by Crippen LogP contribution is -2.43. The quantitative estimate of drug-likeness (QED) is 0.509. The Morgan fingerprint density at radius 1 is 0.917 bits per heavy atom. The fourth-order valence-electron chi connectivity index (χ4n) is 6.86. The molecular weight excluding hydrogens is 450 g/mol. The van der Waals surface area contributed by atoms with Crippen molar-refractivity contribution in [2.75, 3.05) is 37.6 Å². The van der Waals surface area contributed by atoms with Gasteiger partial charge in [0.2, 0.25) is 0 Å². The van der Waals surface area contributed by atoms with E-state index in [1.807, 2.05) is 6.07 Å². The van der Waals surface area contributed by atoms with Crippen LogP contribution < -0.4 is 4.90 Å². The van der Waals surface area contributed by atoms with Gasteiger partial charge in [0.15, 0.2) is 0 Å². The van der Waals surface area contributed by atoms with Gasteiger partial charge in [-0.3, -0.25) is 4.90 Å². The number of rotatable bonds is 5. The summed E-state index contributed by atoms with van der Waals surface area (Å²) in [6.07, 6.45) is 8.01. The zero-order valence-electron chi connectivity index (χ0n) is 21.0. The van der Waals surface area contributed by atoms with Gasteiger partial charge in [-0.05, 0) is 61.9 Å². The molecule has 6 rings (SSSR count). The average Bonchev–Trinajstić information content (AvgIpc) is 3.13. The molecule has 0 amide bonds. The van der Waals surface area contributed by atoms with Gasteiger partial charge < -0.3 is 19.7 Å². The molecule has 1 atom stereocenters.